The molecule has 10 atom stereocenters. The molecule has 2 aliphatic heterocycles. The maximum Gasteiger partial charge on any atom is 0.335 e. The molecule has 2 saturated heterocycles. The van der Waals surface area contributed by atoms with E-state index >= 15 is 0 Å². The van der Waals surface area contributed by atoms with E-state index in [2.05, 4.69) is 0 Å². The smallest absolute Gasteiger partial charge is 0.335 e. The Labute approximate surface area is 164 Å². The number of carboxylic acid groups (broad SMARTS) is 2. The highest BCUT2D eigenvalue weighted by Gasteiger charge is 2.53. The summed E-state index contributed by atoms with van der Waals surface area (Å²) in [6, 6.07) is 0. The normalized spacial score (nSPS) is 43.1. The molecule has 14 nitrogen and oxygen atoms in total. The van der Waals surface area contributed by atoms with Crippen LogP contribution in [-0.2, 0) is 28.5 Å². The van der Waals surface area contributed by atoms with Crippen LogP contribution >= 0.6 is 0 Å². The Hall–Kier alpha value is -1.46. The highest BCUT2D eigenvalue weighted by molar-refractivity contribution is 5.74. The quantitative estimate of drug-likeness (QED) is 0.170. The zero-order valence-electron chi connectivity index (χ0n) is 15.1. The van der Waals surface area contributed by atoms with Crippen molar-refractivity contribution < 1.29 is 64.3 Å². The summed E-state index contributed by atoms with van der Waals surface area (Å²) in [4.78, 5) is 22.7. The van der Waals surface area contributed by atoms with Crippen LogP contribution in [0, 0.1) is 0 Å². The van der Waals surface area contributed by atoms with Crippen molar-refractivity contribution in [2.75, 3.05) is 13.2 Å². The van der Waals surface area contributed by atoms with Gasteiger partial charge in [-0.25, -0.2) is 9.59 Å². The molecule has 2 heterocycles. The molecule has 0 spiro atoms. The monoisotopic (exact) mass is 427 g/mol. The maximum absolute atomic E-state index is 11.5. The van der Waals surface area contributed by atoms with E-state index in [1.807, 2.05) is 0 Å². The third-order valence-electron chi connectivity index (χ3n) is 4.52. The minimum Gasteiger partial charge on any atom is -0.479 e. The number of carbonyl (C=O) groups is 2. The van der Waals surface area contributed by atoms with Crippen molar-refractivity contribution in [3.05, 3.63) is 0 Å². The van der Waals surface area contributed by atoms with Crippen molar-refractivity contribution in [1.29, 1.82) is 0 Å². The number of hydrogen-bond donors (Lipinski definition) is 8. The first-order valence-electron chi connectivity index (χ1n) is 8.74. The van der Waals surface area contributed by atoms with Crippen LogP contribution in [0.2, 0.25) is 0 Å². The summed E-state index contributed by atoms with van der Waals surface area (Å²) in [7, 11) is 0. The lowest BCUT2D eigenvalue weighted by molar-refractivity contribution is -0.350. The highest BCUT2D eigenvalue weighted by Crippen LogP contribution is 2.29. The third-order valence-corrected chi connectivity index (χ3v) is 4.52. The third kappa shape index (κ3) is 5.18. The van der Waals surface area contributed by atoms with Crippen molar-refractivity contribution in [2.45, 2.75) is 67.8 Å². The van der Waals surface area contributed by atoms with E-state index in [4.69, 9.17) is 29.8 Å². The number of nitrogens with two attached hydrogens (primary N) is 1. The fourth-order valence-electron chi connectivity index (χ4n) is 2.93. The van der Waals surface area contributed by atoms with Crippen LogP contribution in [-0.4, -0.2) is 122 Å². The van der Waals surface area contributed by atoms with Gasteiger partial charge in [-0.2, -0.15) is 0 Å². The van der Waals surface area contributed by atoms with Crippen LogP contribution in [0.5, 0.6) is 0 Å². The molecule has 2 aliphatic rings. The van der Waals surface area contributed by atoms with Crippen LogP contribution < -0.4 is 5.73 Å². The van der Waals surface area contributed by atoms with E-state index in [9.17, 15) is 40.2 Å². The number of hydrogen-bond acceptors (Lipinski definition) is 12. The summed E-state index contributed by atoms with van der Waals surface area (Å²) in [6.45, 7) is 0.271. The van der Waals surface area contributed by atoms with Gasteiger partial charge in [0.1, 0.15) is 36.6 Å². The topological polar surface area (TPSA) is 239 Å². The summed E-state index contributed by atoms with van der Waals surface area (Å²) >= 11 is 0. The van der Waals surface area contributed by atoms with Crippen molar-refractivity contribution in [1.82, 2.24) is 0 Å². The molecule has 0 saturated carbocycles. The predicted molar refractivity (Wildman–Crippen MR) is 87.1 cm³/mol. The van der Waals surface area contributed by atoms with Gasteiger partial charge in [0.15, 0.2) is 24.8 Å². The Morgan fingerprint density at radius 1 is 0.793 bits per heavy atom. The number of aliphatic carboxylic acids is 2. The number of ether oxygens (including phenoxy) is 4. The Morgan fingerprint density at radius 3 is 1.90 bits per heavy atom. The van der Waals surface area contributed by atoms with Gasteiger partial charge in [-0.05, 0) is 13.0 Å². The van der Waals surface area contributed by atoms with Crippen LogP contribution in [0.15, 0.2) is 0 Å². The summed E-state index contributed by atoms with van der Waals surface area (Å²) in [5.74, 6) is -3.30. The second-order valence-corrected chi connectivity index (χ2v) is 6.59. The van der Waals surface area contributed by atoms with Gasteiger partial charge in [-0.15, -0.1) is 0 Å². The second-order valence-electron chi connectivity index (χ2n) is 6.59. The lowest BCUT2D eigenvalue weighted by atomic mass is 9.96. The lowest BCUT2D eigenvalue weighted by Gasteiger charge is -2.44. The standard InChI is InChI=1S/C15H25NO13/c16-2-1-3-26-14-8(21)6(19)9(11(29-14)13(24)25)27-15-7(20)4(17)5(18)10(28-15)12(22)23/h4-11,14-15,17-21H,1-3,16H2,(H,22,23)(H,24,25)/t4-,5-,6+,7-,8-,9-,10-,11-,14+,15+/m0/s1. The number of aliphatic hydroxyl groups is 5. The molecule has 14 heteroatoms. The van der Waals surface area contributed by atoms with Crippen LogP contribution in [0.4, 0.5) is 0 Å². The molecule has 0 aromatic heterocycles. The molecule has 0 amide bonds. The van der Waals surface area contributed by atoms with Gasteiger partial charge in [0.05, 0.1) is 6.61 Å². The molecule has 0 unspecified atom stereocenters. The van der Waals surface area contributed by atoms with Gasteiger partial charge in [0.2, 0.25) is 0 Å². The Kier molecular flexibility index (Phi) is 8.24. The van der Waals surface area contributed by atoms with E-state index in [1.165, 1.54) is 0 Å². The second kappa shape index (κ2) is 10.0. The van der Waals surface area contributed by atoms with E-state index in [1.54, 1.807) is 0 Å². The molecule has 29 heavy (non-hydrogen) atoms. The van der Waals surface area contributed by atoms with Gasteiger partial charge in [-0.3, -0.25) is 0 Å². The minimum absolute atomic E-state index is 0.0115. The highest BCUT2D eigenvalue weighted by atomic mass is 16.7. The lowest BCUT2D eigenvalue weighted by Crippen LogP contribution is -2.65. The first-order valence-corrected chi connectivity index (χ1v) is 8.74. The molecule has 0 aliphatic carbocycles. The minimum atomic E-state index is -2.00. The Morgan fingerprint density at radius 2 is 1.34 bits per heavy atom. The van der Waals surface area contributed by atoms with Gasteiger partial charge in [-0.1, -0.05) is 0 Å². The van der Waals surface area contributed by atoms with E-state index < -0.39 is 73.4 Å². The molecule has 0 aromatic carbocycles. The average molecular weight is 427 g/mol. The van der Waals surface area contributed by atoms with Crippen molar-refractivity contribution >= 4 is 11.9 Å². The molecule has 9 N–H and O–H groups in total. The maximum atomic E-state index is 11.5. The van der Waals surface area contributed by atoms with Gasteiger partial charge in [0, 0.05) is 0 Å². The van der Waals surface area contributed by atoms with E-state index in [0.29, 0.717) is 6.42 Å². The SMILES string of the molecule is NCCCO[C@@H]1O[C@H](C(=O)O)[C@@H](O[C@@H]2O[C@H](C(=O)O)[C@@H](O)[C@H](O)[C@@H]2O)[C@H](O)[C@@H]1O. The van der Waals surface area contributed by atoms with E-state index in [-0.39, 0.29) is 13.2 Å². The van der Waals surface area contributed by atoms with Crippen LogP contribution in [0.1, 0.15) is 6.42 Å². The first kappa shape index (κ1) is 23.8. The predicted octanol–water partition coefficient (Wildman–Crippen LogP) is -4.84. The fraction of sp³-hybridized carbons (Fsp3) is 0.867. The summed E-state index contributed by atoms with van der Waals surface area (Å²) < 4.78 is 20.4. The zero-order chi connectivity index (χ0) is 21.9. The number of carboxylic acids is 2. The average Bonchev–Trinajstić information content (AvgIpc) is 2.66. The summed E-state index contributed by atoms with van der Waals surface area (Å²) in [5.41, 5.74) is 5.31. The molecule has 2 fully saturated rings. The number of aliphatic hydroxyl groups excluding tert-OH is 5. The fourth-order valence-corrected chi connectivity index (χ4v) is 2.93. The Balaban J connectivity index is 2.16. The molecular formula is C15H25NO13. The van der Waals surface area contributed by atoms with Crippen molar-refractivity contribution in [2.24, 2.45) is 5.73 Å². The largest absolute Gasteiger partial charge is 0.479 e. The van der Waals surface area contributed by atoms with Gasteiger partial charge >= 0.3 is 11.9 Å². The van der Waals surface area contributed by atoms with Crippen molar-refractivity contribution in [3.63, 3.8) is 0 Å². The van der Waals surface area contributed by atoms with E-state index in [0.717, 1.165) is 0 Å². The van der Waals surface area contributed by atoms with Gasteiger partial charge < -0.3 is 60.4 Å². The molecule has 0 radical (unpaired) electrons. The molecule has 0 bridgehead atoms. The zero-order valence-corrected chi connectivity index (χ0v) is 15.1. The first-order chi connectivity index (χ1) is 13.6. The summed E-state index contributed by atoms with van der Waals surface area (Å²) in [5, 5.41) is 68.3. The Bertz CT molecular complexity index is 576. The molecular weight excluding hydrogens is 402 g/mol. The van der Waals surface area contributed by atoms with Gasteiger partial charge in [0.25, 0.3) is 0 Å². The van der Waals surface area contributed by atoms with Crippen LogP contribution in [0.3, 0.4) is 0 Å². The van der Waals surface area contributed by atoms with Crippen LogP contribution in [0.25, 0.3) is 0 Å². The summed E-state index contributed by atoms with van der Waals surface area (Å²) in [6.07, 6.45) is -18.5. The van der Waals surface area contributed by atoms with Crippen molar-refractivity contribution in [3.8, 4) is 0 Å². The number of rotatable bonds is 8. The molecule has 168 valence electrons. The molecule has 2 rings (SSSR count). The molecule has 0 aromatic rings.